The molecule has 2 aromatic rings. The first-order chi connectivity index (χ1) is 10.3. The minimum Gasteiger partial charge on any atom is -0.348 e. The molecule has 1 heterocycles. The molecule has 2 N–H and O–H groups in total. The van der Waals surface area contributed by atoms with Gasteiger partial charge in [0.2, 0.25) is 5.91 Å². The highest BCUT2D eigenvalue weighted by Crippen LogP contribution is 2.26. The second-order valence-electron chi connectivity index (χ2n) is 5.31. The first-order valence-electron chi connectivity index (χ1n) is 7.38. The first-order valence-corrected chi connectivity index (χ1v) is 8.54. The van der Waals surface area contributed by atoms with Gasteiger partial charge in [0.15, 0.2) is 0 Å². The normalized spacial score (nSPS) is 19.6. The van der Waals surface area contributed by atoms with Crippen LogP contribution < -0.4 is 10.6 Å². The van der Waals surface area contributed by atoms with Gasteiger partial charge in [0.05, 0.1) is 12.1 Å². The standard InChI is InChI=1S/C17H20N2OS/c1-2-15(19-17(20)16-10-21-11-18-16)14-9-5-7-12-6-3-4-8-13(12)14/h3-9,15-16,18H,2,10-11H2,1H3,(H,19,20)/t15?,16-/m0/s1. The predicted octanol–water partition coefficient (Wildman–Crippen LogP) is 3.07. The van der Waals surface area contributed by atoms with Crippen LogP contribution in [-0.2, 0) is 4.79 Å². The van der Waals surface area contributed by atoms with Gasteiger partial charge in [-0.25, -0.2) is 0 Å². The summed E-state index contributed by atoms with van der Waals surface area (Å²) in [6, 6.07) is 14.6. The lowest BCUT2D eigenvalue weighted by molar-refractivity contribution is -0.123. The van der Waals surface area contributed by atoms with E-state index in [1.165, 1.54) is 16.3 Å². The molecule has 1 aliphatic rings. The number of thioether (sulfide) groups is 1. The average Bonchev–Trinajstić information content (AvgIpc) is 3.06. The van der Waals surface area contributed by atoms with Crippen molar-refractivity contribution in [2.75, 3.05) is 11.6 Å². The fraction of sp³-hybridized carbons (Fsp3) is 0.353. The van der Waals surface area contributed by atoms with Crippen LogP contribution in [-0.4, -0.2) is 23.6 Å². The molecule has 0 spiro atoms. The van der Waals surface area contributed by atoms with Gasteiger partial charge in [-0.3, -0.25) is 10.1 Å². The maximum absolute atomic E-state index is 12.3. The fourth-order valence-corrected chi connectivity index (χ4v) is 3.73. The maximum atomic E-state index is 12.3. The van der Waals surface area contributed by atoms with Gasteiger partial charge in [-0.05, 0) is 22.8 Å². The highest BCUT2D eigenvalue weighted by molar-refractivity contribution is 7.99. The summed E-state index contributed by atoms with van der Waals surface area (Å²) in [5, 5.41) is 8.87. The van der Waals surface area contributed by atoms with Gasteiger partial charge in [-0.1, -0.05) is 49.4 Å². The average molecular weight is 300 g/mol. The van der Waals surface area contributed by atoms with Crippen LogP contribution in [0.25, 0.3) is 10.8 Å². The van der Waals surface area contributed by atoms with Crippen LogP contribution in [0.1, 0.15) is 24.9 Å². The van der Waals surface area contributed by atoms with Gasteiger partial charge < -0.3 is 5.32 Å². The molecule has 110 valence electrons. The lowest BCUT2D eigenvalue weighted by Gasteiger charge is -2.21. The number of amides is 1. The van der Waals surface area contributed by atoms with E-state index in [0.717, 1.165) is 18.1 Å². The highest BCUT2D eigenvalue weighted by Gasteiger charge is 2.25. The van der Waals surface area contributed by atoms with Gasteiger partial charge in [-0.2, -0.15) is 0 Å². The molecule has 3 nitrogen and oxygen atoms in total. The summed E-state index contributed by atoms with van der Waals surface area (Å²) in [5.74, 6) is 1.83. The molecule has 1 fully saturated rings. The van der Waals surface area contributed by atoms with Gasteiger partial charge >= 0.3 is 0 Å². The van der Waals surface area contributed by atoms with Gasteiger partial charge in [-0.15, -0.1) is 11.8 Å². The largest absolute Gasteiger partial charge is 0.348 e. The minimum atomic E-state index is -0.0565. The highest BCUT2D eigenvalue weighted by atomic mass is 32.2. The molecular formula is C17H20N2OS. The Balaban J connectivity index is 1.86. The number of benzene rings is 2. The van der Waals surface area contributed by atoms with Crippen molar-refractivity contribution >= 4 is 28.4 Å². The van der Waals surface area contributed by atoms with Crippen molar-refractivity contribution in [2.24, 2.45) is 0 Å². The Morgan fingerprint density at radius 1 is 1.33 bits per heavy atom. The number of hydrogen-bond donors (Lipinski definition) is 2. The zero-order valence-electron chi connectivity index (χ0n) is 12.1. The van der Waals surface area contributed by atoms with Crippen molar-refractivity contribution in [1.29, 1.82) is 0 Å². The van der Waals surface area contributed by atoms with Crippen LogP contribution in [0.3, 0.4) is 0 Å². The van der Waals surface area contributed by atoms with E-state index in [1.807, 2.05) is 6.07 Å². The number of rotatable bonds is 4. The molecule has 4 heteroatoms. The van der Waals surface area contributed by atoms with Crippen LogP contribution in [0.5, 0.6) is 0 Å². The molecule has 2 aromatic carbocycles. The topological polar surface area (TPSA) is 41.1 Å². The van der Waals surface area contributed by atoms with Crippen molar-refractivity contribution in [1.82, 2.24) is 10.6 Å². The first kappa shape index (κ1) is 14.4. The van der Waals surface area contributed by atoms with Crippen molar-refractivity contribution < 1.29 is 4.79 Å². The molecule has 1 aliphatic heterocycles. The van der Waals surface area contributed by atoms with Crippen molar-refractivity contribution in [3.05, 3.63) is 48.0 Å². The van der Waals surface area contributed by atoms with E-state index in [9.17, 15) is 4.79 Å². The second-order valence-corrected chi connectivity index (χ2v) is 6.34. The predicted molar refractivity (Wildman–Crippen MR) is 89.4 cm³/mol. The van der Waals surface area contributed by atoms with Crippen LogP contribution >= 0.6 is 11.8 Å². The van der Waals surface area contributed by atoms with E-state index in [-0.39, 0.29) is 18.0 Å². The number of carbonyl (C=O) groups excluding carboxylic acids is 1. The molecule has 2 atom stereocenters. The zero-order chi connectivity index (χ0) is 14.7. The van der Waals surface area contributed by atoms with E-state index in [0.29, 0.717) is 0 Å². The van der Waals surface area contributed by atoms with Crippen molar-refractivity contribution in [3.8, 4) is 0 Å². The fourth-order valence-electron chi connectivity index (χ4n) is 2.79. The minimum absolute atomic E-state index is 0.0565. The molecule has 0 aromatic heterocycles. The molecule has 3 rings (SSSR count). The molecule has 21 heavy (non-hydrogen) atoms. The lowest BCUT2D eigenvalue weighted by atomic mass is 9.97. The maximum Gasteiger partial charge on any atom is 0.238 e. The van der Waals surface area contributed by atoms with Gasteiger partial charge in [0, 0.05) is 11.6 Å². The summed E-state index contributed by atoms with van der Waals surface area (Å²) in [5.41, 5.74) is 1.20. The quantitative estimate of drug-likeness (QED) is 0.912. The SMILES string of the molecule is CCC(NC(=O)[C@@H]1CSCN1)c1cccc2ccccc12. The van der Waals surface area contributed by atoms with Crippen LogP contribution in [0.2, 0.25) is 0 Å². The van der Waals surface area contributed by atoms with Crippen molar-refractivity contribution in [2.45, 2.75) is 25.4 Å². The monoisotopic (exact) mass is 300 g/mol. The molecule has 0 saturated carbocycles. The Bertz CT molecular complexity index is 632. The summed E-state index contributed by atoms with van der Waals surface area (Å²) < 4.78 is 0. The summed E-state index contributed by atoms with van der Waals surface area (Å²) >= 11 is 1.77. The van der Waals surface area contributed by atoms with Crippen LogP contribution in [0.4, 0.5) is 0 Å². The Morgan fingerprint density at radius 2 is 2.14 bits per heavy atom. The molecule has 0 aliphatic carbocycles. The lowest BCUT2D eigenvalue weighted by Crippen LogP contribution is -2.43. The van der Waals surface area contributed by atoms with E-state index < -0.39 is 0 Å². The Morgan fingerprint density at radius 3 is 2.90 bits per heavy atom. The third-order valence-electron chi connectivity index (χ3n) is 3.96. The Hall–Kier alpha value is -1.52. The zero-order valence-corrected chi connectivity index (χ0v) is 13.0. The Kier molecular flexibility index (Phi) is 4.46. The number of nitrogens with one attached hydrogen (secondary N) is 2. The third-order valence-corrected chi connectivity index (χ3v) is 4.90. The van der Waals surface area contributed by atoms with E-state index in [4.69, 9.17) is 0 Å². The molecule has 0 radical (unpaired) electrons. The Labute approximate surface area is 129 Å². The number of hydrogen-bond acceptors (Lipinski definition) is 3. The molecule has 1 saturated heterocycles. The summed E-state index contributed by atoms with van der Waals surface area (Å²) in [6.07, 6.45) is 0.889. The van der Waals surface area contributed by atoms with E-state index in [1.54, 1.807) is 11.8 Å². The second kappa shape index (κ2) is 6.50. The molecule has 1 unspecified atom stereocenters. The third kappa shape index (κ3) is 3.06. The van der Waals surface area contributed by atoms with Gasteiger partial charge in [0.1, 0.15) is 0 Å². The van der Waals surface area contributed by atoms with E-state index >= 15 is 0 Å². The smallest absolute Gasteiger partial charge is 0.238 e. The molecule has 0 bridgehead atoms. The van der Waals surface area contributed by atoms with Crippen LogP contribution in [0.15, 0.2) is 42.5 Å². The van der Waals surface area contributed by atoms with Gasteiger partial charge in [0.25, 0.3) is 0 Å². The molecule has 1 amide bonds. The summed E-state index contributed by atoms with van der Waals surface area (Å²) in [6.45, 7) is 2.11. The number of carbonyl (C=O) groups is 1. The van der Waals surface area contributed by atoms with Crippen LogP contribution in [0, 0.1) is 0 Å². The summed E-state index contributed by atoms with van der Waals surface area (Å²) in [4.78, 5) is 12.3. The summed E-state index contributed by atoms with van der Waals surface area (Å²) in [7, 11) is 0. The number of fused-ring (bicyclic) bond motifs is 1. The van der Waals surface area contributed by atoms with E-state index in [2.05, 4.69) is 54.0 Å². The van der Waals surface area contributed by atoms with Crippen molar-refractivity contribution in [3.63, 3.8) is 0 Å². The molecular weight excluding hydrogens is 280 g/mol.